The maximum Gasteiger partial charge on any atom is 0.270 e. The van der Waals surface area contributed by atoms with Crippen molar-refractivity contribution in [3.05, 3.63) is 69.3 Å². The van der Waals surface area contributed by atoms with Crippen molar-refractivity contribution in [2.24, 2.45) is 0 Å². The van der Waals surface area contributed by atoms with E-state index >= 15 is 0 Å². The number of benzene rings is 1. The van der Waals surface area contributed by atoms with Crippen LogP contribution in [0.25, 0.3) is 10.6 Å². The number of rotatable bonds is 4. The van der Waals surface area contributed by atoms with Crippen molar-refractivity contribution >= 4 is 23.1 Å². The van der Waals surface area contributed by atoms with E-state index in [0.29, 0.717) is 16.6 Å². The number of nitrogens with zero attached hydrogens (tertiary/aromatic N) is 2. The zero-order valence-corrected chi connectivity index (χ0v) is 13.1. The third-order valence-electron chi connectivity index (χ3n) is 2.98. The van der Waals surface area contributed by atoms with Gasteiger partial charge in [0.05, 0.1) is 4.88 Å². The van der Waals surface area contributed by atoms with E-state index in [4.69, 9.17) is 0 Å². The highest BCUT2D eigenvalue weighted by molar-refractivity contribution is 7.98. The van der Waals surface area contributed by atoms with Crippen LogP contribution in [0.5, 0.6) is 0 Å². The van der Waals surface area contributed by atoms with Gasteiger partial charge in [-0.05, 0) is 17.0 Å². The molecule has 0 unspecified atom stereocenters. The fraction of sp³-hybridized carbons (Fsp3) is 0.0625. The van der Waals surface area contributed by atoms with E-state index in [9.17, 15) is 10.1 Å². The Morgan fingerprint density at radius 2 is 2.05 bits per heavy atom. The lowest BCUT2D eigenvalue weighted by Gasteiger charge is -2.05. The largest absolute Gasteiger partial charge is 0.300 e. The predicted molar refractivity (Wildman–Crippen MR) is 88.9 cm³/mol. The fourth-order valence-electron chi connectivity index (χ4n) is 1.94. The van der Waals surface area contributed by atoms with Crippen molar-refractivity contribution in [2.45, 2.75) is 10.9 Å². The van der Waals surface area contributed by atoms with Crippen LogP contribution in [0.2, 0.25) is 0 Å². The number of aromatic nitrogens is 2. The van der Waals surface area contributed by atoms with Gasteiger partial charge in [0.15, 0.2) is 5.16 Å². The van der Waals surface area contributed by atoms with Crippen molar-refractivity contribution in [2.75, 3.05) is 0 Å². The van der Waals surface area contributed by atoms with Crippen molar-refractivity contribution in [1.82, 2.24) is 9.97 Å². The molecular weight excluding hydrogens is 314 g/mol. The van der Waals surface area contributed by atoms with E-state index < -0.39 is 5.56 Å². The molecule has 6 heteroatoms. The van der Waals surface area contributed by atoms with Gasteiger partial charge in [0.2, 0.25) is 0 Å². The average Bonchev–Trinajstić information content (AvgIpc) is 3.07. The molecule has 3 aromatic rings. The van der Waals surface area contributed by atoms with Crippen molar-refractivity contribution in [3.8, 4) is 16.6 Å². The van der Waals surface area contributed by atoms with Gasteiger partial charge in [0.25, 0.3) is 5.56 Å². The minimum Gasteiger partial charge on any atom is -0.300 e. The van der Waals surface area contributed by atoms with E-state index in [0.717, 1.165) is 10.4 Å². The molecule has 0 amide bonds. The molecule has 0 aliphatic carbocycles. The molecule has 3 rings (SSSR count). The van der Waals surface area contributed by atoms with E-state index in [1.807, 2.05) is 53.9 Å². The number of aromatic amines is 1. The molecule has 22 heavy (non-hydrogen) atoms. The number of H-pyrrole nitrogens is 1. The Labute approximate surface area is 135 Å². The Morgan fingerprint density at radius 3 is 2.73 bits per heavy atom. The molecule has 1 N–H and O–H groups in total. The monoisotopic (exact) mass is 325 g/mol. The molecule has 0 saturated carbocycles. The minimum atomic E-state index is -0.392. The van der Waals surface area contributed by atoms with Gasteiger partial charge in [-0.15, -0.1) is 11.3 Å². The van der Waals surface area contributed by atoms with Crippen LogP contribution in [-0.4, -0.2) is 9.97 Å². The van der Waals surface area contributed by atoms with E-state index in [1.54, 1.807) is 0 Å². The summed E-state index contributed by atoms with van der Waals surface area (Å²) in [6, 6.07) is 15.6. The number of thioether (sulfide) groups is 1. The van der Waals surface area contributed by atoms with Gasteiger partial charge in [0.1, 0.15) is 17.3 Å². The summed E-state index contributed by atoms with van der Waals surface area (Å²) in [7, 11) is 0. The summed E-state index contributed by atoms with van der Waals surface area (Å²) in [5.41, 5.74) is 1.27. The van der Waals surface area contributed by atoms with Crippen molar-refractivity contribution < 1.29 is 0 Å². The number of thiophene rings is 1. The summed E-state index contributed by atoms with van der Waals surface area (Å²) < 4.78 is 0. The Hall–Kier alpha value is -2.36. The van der Waals surface area contributed by atoms with Crippen LogP contribution >= 0.6 is 23.1 Å². The lowest BCUT2D eigenvalue weighted by atomic mass is 10.2. The molecule has 0 saturated heterocycles. The maximum absolute atomic E-state index is 12.1. The summed E-state index contributed by atoms with van der Waals surface area (Å²) in [5, 5.41) is 11.6. The molecule has 0 aliphatic rings. The first-order valence-corrected chi connectivity index (χ1v) is 8.39. The quantitative estimate of drug-likeness (QED) is 0.587. The normalized spacial score (nSPS) is 10.3. The summed E-state index contributed by atoms with van der Waals surface area (Å²) >= 11 is 2.91. The average molecular weight is 325 g/mol. The van der Waals surface area contributed by atoms with Crippen LogP contribution in [0, 0.1) is 11.3 Å². The number of nitrogens with one attached hydrogen (secondary N) is 1. The van der Waals surface area contributed by atoms with Crippen molar-refractivity contribution in [3.63, 3.8) is 0 Å². The summed E-state index contributed by atoms with van der Waals surface area (Å²) in [5.74, 6) is 0.708. The first-order chi connectivity index (χ1) is 10.8. The topological polar surface area (TPSA) is 69.5 Å². The molecular formula is C16H11N3OS2. The Morgan fingerprint density at radius 1 is 1.23 bits per heavy atom. The molecule has 0 radical (unpaired) electrons. The van der Waals surface area contributed by atoms with Crippen LogP contribution in [0.4, 0.5) is 0 Å². The third kappa shape index (κ3) is 3.11. The maximum atomic E-state index is 12.1. The molecule has 0 spiro atoms. The van der Waals surface area contributed by atoms with E-state index in [1.165, 1.54) is 23.1 Å². The Bertz CT molecular complexity index is 865. The van der Waals surface area contributed by atoms with Crippen LogP contribution in [0.3, 0.4) is 0 Å². The number of nitriles is 1. The van der Waals surface area contributed by atoms with Gasteiger partial charge in [-0.25, -0.2) is 4.98 Å². The zero-order valence-electron chi connectivity index (χ0n) is 11.4. The van der Waals surface area contributed by atoms with Gasteiger partial charge in [-0.2, -0.15) is 5.26 Å². The predicted octanol–water partition coefficient (Wildman–Crippen LogP) is 3.66. The molecule has 2 aromatic heterocycles. The van der Waals surface area contributed by atoms with Crippen molar-refractivity contribution in [1.29, 1.82) is 5.26 Å². The van der Waals surface area contributed by atoms with Gasteiger partial charge < -0.3 is 4.98 Å². The lowest BCUT2D eigenvalue weighted by molar-refractivity contribution is 0.936. The van der Waals surface area contributed by atoms with Gasteiger partial charge >= 0.3 is 0 Å². The second-order valence-electron chi connectivity index (χ2n) is 4.46. The molecule has 1 aromatic carbocycles. The van der Waals surface area contributed by atoms with Crippen LogP contribution in [-0.2, 0) is 5.75 Å². The molecule has 0 bridgehead atoms. The highest BCUT2D eigenvalue weighted by atomic mass is 32.2. The molecule has 4 nitrogen and oxygen atoms in total. The second kappa shape index (κ2) is 6.60. The minimum absolute atomic E-state index is 0.0616. The molecule has 108 valence electrons. The highest BCUT2D eigenvalue weighted by Crippen LogP contribution is 2.27. The van der Waals surface area contributed by atoms with Gasteiger partial charge in [0, 0.05) is 5.75 Å². The number of hydrogen-bond acceptors (Lipinski definition) is 5. The fourth-order valence-corrected chi connectivity index (χ4v) is 3.48. The Balaban J connectivity index is 1.93. The third-order valence-corrected chi connectivity index (χ3v) is 4.80. The standard InChI is InChI=1S/C16H11N3OS2/c17-9-12-14(13-7-4-8-21-13)18-16(19-15(12)20)22-10-11-5-2-1-3-6-11/h1-8H,10H2,(H,18,19,20). The first kappa shape index (κ1) is 14.6. The van der Waals surface area contributed by atoms with Crippen LogP contribution < -0.4 is 5.56 Å². The van der Waals surface area contributed by atoms with E-state index in [2.05, 4.69) is 9.97 Å². The lowest BCUT2D eigenvalue weighted by Crippen LogP contribution is -2.14. The molecule has 0 fully saturated rings. The Kier molecular flexibility index (Phi) is 4.37. The number of hydrogen-bond donors (Lipinski definition) is 1. The van der Waals surface area contributed by atoms with Crippen LogP contribution in [0.1, 0.15) is 11.1 Å². The zero-order chi connectivity index (χ0) is 15.4. The smallest absolute Gasteiger partial charge is 0.270 e. The molecule has 0 atom stereocenters. The van der Waals surface area contributed by atoms with Crippen LogP contribution in [0.15, 0.2) is 57.8 Å². The summed E-state index contributed by atoms with van der Waals surface area (Å²) in [4.78, 5) is 20.0. The van der Waals surface area contributed by atoms with Gasteiger partial charge in [-0.1, -0.05) is 48.2 Å². The SMILES string of the molecule is N#Cc1c(-c2cccs2)nc(SCc2ccccc2)[nH]c1=O. The molecule has 0 aliphatic heterocycles. The highest BCUT2D eigenvalue weighted by Gasteiger charge is 2.14. The second-order valence-corrected chi connectivity index (χ2v) is 6.37. The molecule has 2 heterocycles. The summed E-state index contributed by atoms with van der Waals surface area (Å²) in [6.45, 7) is 0. The summed E-state index contributed by atoms with van der Waals surface area (Å²) in [6.07, 6.45) is 0. The van der Waals surface area contributed by atoms with Gasteiger partial charge in [-0.3, -0.25) is 4.79 Å². The first-order valence-electron chi connectivity index (χ1n) is 6.53. The van der Waals surface area contributed by atoms with E-state index in [-0.39, 0.29) is 5.56 Å².